The van der Waals surface area contributed by atoms with Gasteiger partial charge in [-0.2, -0.15) is 10.5 Å². The molecule has 1 aromatic rings. The van der Waals surface area contributed by atoms with Gasteiger partial charge in [-0.25, -0.2) is 4.99 Å². The summed E-state index contributed by atoms with van der Waals surface area (Å²) in [4.78, 5) is 6.45. The van der Waals surface area contributed by atoms with E-state index in [0.717, 1.165) is 18.8 Å². The Hall–Kier alpha value is -2.22. The van der Waals surface area contributed by atoms with Gasteiger partial charge in [0.15, 0.2) is 11.4 Å². The molecule has 0 amide bonds. The van der Waals surface area contributed by atoms with E-state index in [1.54, 1.807) is 6.07 Å². The minimum absolute atomic E-state index is 0.500. The van der Waals surface area contributed by atoms with E-state index < -0.39 is 0 Å². The highest BCUT2D eigenvalue weighted by Gasteiger charge is 2.15. The SMILES string of the molecule is CSC(=Nc1ccc(N2CCOCC2)c(C#N)c1)NC#N. The molecule has 1 aliphatic rings. The highest BCUT2D eigenvalue weighted by Crippen LogP contribution is 2.26. The van der Waals surface area contributed by atoms with Gasteiger partial charge in [-0.15, -0.1) is 0 Å². The van der Waals surface area contributed by atoms with E-state index in [9.17, 15) is 5.26 Å². The summed E-state index contributed by atoms with van der Waals surface area (Å²) >= 11 is 1.34. The molecule has 7 heteroatoms. The third-order valence-electron chi connectivity index (χ3n) is 3.04. The minimum Gasteiger partial charge on any atom is -0.378 e. The van der Waals surface area contributed by atoms with Gasteiger partial charge in [-0.3, -0.25) is 5.32 Å². The zero-order valence-electron chi connectivity index (χ0n) is 11.7. The molecule has 1 fully saturated rings. The van der Waals surface area contributed by atoms with Gasteiger partial charge in [0.1, 0.15) is 6.07 Å². The number of ether oxygens (including phenoxy) is 1. The first kappa shape index (κ1) is 15.2. The summed E-state index contributed by atoms with van der Waals surface area (Å²) < 4.78 is 5.32. The van der Waals surface area contributed by atoms with E-state index in [1.165, 1.54) is 11.8 Å². The highest BCUT2D eigenvalue weighted by atomic mass is 32.2. The van der Waals surface area contributed by atoms with Gasteiger partial charge in [0.2, 0.25) is 0 Å². The summed E-state index contributed by atoms with van der Waals surface area (Å²) in [5.41, 5.74) is 2.13. The second kappa shape index (κ2) is 7.53. The smallest absolute Gasteiger partial charge is 0.183 e. The quantitative estimate of drug-likeness (QED) is 0.388. The van der Waals surface area contributed by atoms with Crippen LogP contribution in [0.3, 0.4) is 0 Å². The molecular formula is C14H15N5OS. The molecule has 0 unspecified atom stereocenters. The van der Waals surface area contributed by atoms with Crippen molar-refractivity contribution < 1.29 is 4.74 Å². The number of benzene rings is 1. The Labute approximate surface area is 128 Å². The molecule has 21 heavy (non-hydrogen) atoms. The maximum atomic E-state index is 9.34. The van der Waals surface area contributed by atoms with E-state index in [-0.39, 0.29) is 0 Å². The Morgan fingerprint density at radius 1 is 1.38 bits per heavy atom. The van der Waals surface area contributed by atoms with Crippen LogP contribution in [-0.4, -0.2) is 37.7 Å². The lowest BCUT2D eigenvalue weighted by Gasteiger charge is -2.29. The molecule has 1 aliphatic heterocycles. The number of hydrogen-bond donors (Lipinski definition) is 1. The van der Waals surface area contributed by atoms with E-state index in [0.29, 0.717) is 29.6 Å². The van der Waals surface area contributed by atoms with Crippen LogP contribution in [0, 0.1) is 22.8 Å². The Balaban J connectivity index is 2.28. The molecule has 0 saturated carbocycles. The van der Waals surface area contributed by atoms with Gasteiger partial charge in [0.25, 0.3) is 0 Å². The number of hydrogen-bond acceptors (Lipinski definition) is 6. The minimum atomic E-state index is 0.500. The fourth-order valence-corrected chi connectivity index (χ4v) is 2.40. The molecule has 108 valence electrons. The van der Waals surface area contributed by atoms with Crippen LogP contribution in [0.25, 0.3) is 0 Å². The number of amidine groups is 1. The molecule has 1 aromatic carbocycles. The molecule has 0 spiro atoms. The molecule has 0 atom stereocenters. The average Bonchev–Trinajstić information content (AvgIpc) is 2.55. The number of aliphatic imine (C=N–C) groups is 1. The number of nitrogens with one attached hydrogen (secondary N) is 1. The Morgan fingerprint density at radius 2 is 2.14 bits per heavy atom. The molecule has 0 aromatic heterocycles. The Bertz CT molecular complexity index is 611. The largest absolute Gasteiger partial charge is 0.378 e. The molecule has 1 saturated heterocycles. The van der Waals surface area contributed by atoms with E-state index in [2.05, 4.69) is 21.3 Å². The topological polar surface area (TPSA) is 84.4 Å². The summed E-state index contributed by atoms with van der Waals surface area (Å²) in [7, 11) is 0. The van der Waals surface area contributed by atoms with Gasteiger partial charge >= 0.3 is 0 Å². The number of nitrogens with zero attached hydrogens (tertiary/aromatic N) is 4. The van der Waals surface area contributed by atoms with Crippen LogP contribution in [0.15, 0.2) is 23.2 Å². The first-order valence-electron chi connectivity index (χ1n) is 6.43. The third-order valence-corrected chi connectivity index (χ3v) is 3.62. The van der Waals surface area contributed by atoms with Crippen LogP contribution in [0.1, 0.15) is 5.56 Å². The molecular weight excluding hydrogens is 286 g/mol. The van der Waals surface area contributed by atoms with Crippen molar-refractivity contribution in [3.8, 4) is 12.3 Å². The summed E-state index contributed by atoms with van der Waals surface area (Å²) in [6, 6.07) is 7.69. The zero-order chi connectivity index (χ0) is 15.1. The van der Waals surface area contributed by atoms with Crippen molar-refractivity contribution >= 4 is 28.3 Å². The predicted octanol–water partition coefficient (Wildman–Crippen LogP) is 1.82. The first-order valence-corrected chi connectivity index (χ1v) is 7.65. The van der Waals surface area contributed by atoms with Crippen molar-refractivity contribution in [3.63, 3.8) is 0 Å². The predicted molar refractivity (Wildman–Crippen MR) is 83.5 cm³/mol. The number of morpholine rings is 1. The maximum Gasteiger partial charge on any atom is 0.183 e. The van der Waals surface area contributed by atoms with E-state index in [4.69, 9.17) is 10.00 Å². The molecule has 1 N–H and O–H groups in total. The van der Waals surface area contributed by atoms with E-state index in [1.807, 2.05) is 24.6 Å². The average molecular weight is 301 g/mol. The van der Waals surface area contributed by atoms with Crippen molar-refractivity contribution in [1.29, 1.82) is 10.5 Å². The lowest BCUT2D eigenvalue weighted by atomic mass is 10.1. The summed E-state index contributed by atoms with van der Waals surface area (Å²) in [5, 5.41) is 21.0. The number of anilines is 1. The van der Waals surface area contributed by atoms with Crippen LogP contribution >= 0.6 is 11.8 Å². The van der Waals surface area contributed by atoms with Gasteiger partial charge in [-0.05, 0) is 24.5 Å². The first-order chi connectivity index (χ1) is 10.3. The van der Waals surface area contributed by atoms with Gasteiger partial charge in [0, 0.05) is 13.1 Å². The number of thioether (sulfide) groups is 1. The summed E-state index contributed by atoms with van der Waals surface area (Å²) in [6.45, 7) is 2.91. The number of rotatable bonds is 2. The Morgan fingerprint density at radius 3 is 2.76 bits per heavy atom. The van der Waals surface area contributed by atoms with Crippen molar-refractivity contribution in [2.45, 2.75) is 0 Å². The molecule has 1 heterocycles. The Kier molecular flexibility index (Phi) is 5.44. The fourth-order valence-electron chi connectivity index (χ4n) is 2.05. The van der Waals surface area contributed by atoms with Crippen LogP contribution in [-0.2, 0) is 4.74 Å². The molecule has 2 rings (SSSR count). The highest BCUT2D eigenvalue weighted by molar-refractivity contribution is 8.13. The molecule has 0 aliphatic carbocycles. The van der Waals surface area contributed by atoms with E-state index >= 15 is 0 Å². The van der Waals surface area contributed by atoms with Gasteiger partial charge < -0.3 is 9.64 Å². The van der Waals surface area contributed by atoms with Crippen LogP contribution in [0.5, 0.6) is 0 Å². The van der Waals surface area contributed by atoms with Crippen molar-refractivity contribution in [2.75, 3.05) is 37.5 Å². The summed E-state index contributed by atoms with van der Waals surface area (Å²) in [6.07, 6.45) is 3.67. The normalized spacial score (nSPS) is 15.2. The molecule has 0 radical (unpaired) electrons. The van der Waals surface area contributed by atoms with Crippen molar-refractivity contribution in [1.82, 2.24) is 5.32 Å². The van der Waals surface area contributed by atoms with Gasteiger partial charge in [-0.1, -0.05) is 11.8 Å². The maximum absolute atomic E-state index is 9.34. The van der Waals surface area contributed by atoms with Crippen molar-refractivity contribution in [3.05, 3.63) is 23.8 Å². The molecule has 0 bridgehead atoms. The van der Waals surface area contributed by atoms with Crippen molar-refractivity contribution in [2.24, 2.45) is 4.99 Å². The third kappa shape index (κ3) is 3.88. The molecule has 6 nitrogen and oxygen atoms in total. The second-order valence-corrected chi connectivity index (χ2v) is 5.07. The second-order valence-electron chi connectivity index (χ2n) is 4.27. The fraction of sp³-hybridized carbons (Fsp3) is 0.357. The van der Waals surface area contributed by atoms with Crippen LogP contribution in [0.4, 0.5) is 11.4 Å². The van der Waals surface area contributed by atoms with Gasteiger partial charge in [0.05, 0.1) is 30.2 Å². The zero-order valence-corrected chi connectivity index (χ0v) is 12.5. The van der Waals surface area contributed by atoms with Crippen LogP contribution in [0.2, 0.25) is 0 Å². The monoisotopic (exact) mass is 301 g/mol. The number of nitriles is 2. The standard InChI is InChI=1S/C14H15N5OS/c1-21-14(17-10-16)18-12-2-3-13(11(8-12)9-15)19-4-6-20-7-5-19/h2-3,8H,4-7H2,1H3,(H,17,18). The lowest BCUT2D eigenvalue weighted by molar-refractivity contribution is 0.122. The lowest BCUT2D eigenvalue weighted by Crippen LogP contribution is -2.36. The summed E-state index contributed by atoms with van der Waals surface area (Å²) in [5.74, 6) is 0. The van der Waals surface area contributed by atoms with Crippen LogP contribution < -0.4 is 10.2 Å².